The summed E-state index contributed by atoms with van der Waals surface area (Å²) >= 11 is 0. The third-order valence-electron chi connectivity index (χ3n) is 4.79. The number of benzene rings is 3. The standard InChI is InChI=1S/C23H24FNO5S2/c1-3-31(26,27)30-22-12-8-20(9-13-22)17-25(16-19-6-10-21(24)11-7-19)32(28,29)23-14-4-18(2)5-15-23/h4-15H,3,16-17H2,1-2H3. The molecule has 0 atom stereocenters. The smallest absolute Gasteiger partial charge is 0.308 e. The molecular weight excluding hydrogens is 453 g/mol. The van der Waals surface area contributed by atoms with Crippen LogP contribution in [0.15, 0.2) is 77.7 Å². The van der Waals surface area contributed by atoms with Gasteiger partial charge in [0.25, 0.3) is 0 Å². The Hall–Kier alpha value is -2.75. The van der Waals surface area contributed by atoms with Crippen LogP contribution in [0.25, 0.3) is 0 Å². The van der Waals surface area contributed by atoms with Gasteiger partial charge in [-0.25, -0.2) is 12.8 Å². The van der Waals surface area contributed by atoms with Gasteiger partial charge in [-0.3, -0.25) is 0 Å². The highest BCUT2D eigenvalue weighted by Crippen LogP contribution is 2.23. The predicted octanol–water partition coefficient (Wildman–Crippen LogP) is 4.25. The average Bonchev–Trinajstić information content (AvgIpc) is 2.76. The molecule has 3 aromatic carbocycles. The van der Waals surface area contributed by atoms with Gasteiger partial charge in [-0.1, -0.05) is 42.0 Å². The Morgan fingerprint density at radius 2 is 1.28 bits per heavy atom. The first-order valence-corrected chi connectivity index (χ1v) is 12.9. The molecule has 32 heavy (non-hydrogen) atoms. The molecule has 0 unspecified atom stereocenters. The number of sulfonamides is 1. The van der Waals surface area contributed by atoms with E-state index in [9.17, 15) is 21.2 Å². The van der Waals surface area contributed by atoms with Crippen molar-refractivity contribution in [3.8, 4) is 5.75 Å². The fraction of sp³-hybridized carbons (Fsp3) is 0.217. The van der Waals surface area contributed by atoms with E-state index in [1.807, 2.05) is 6.92 Å². The van der Waals surface area contributed by atoms with Gasteiger partial charge in [-0.05, 0) is 61.4 Å². The van der Waals surface area contributed by atoms with E-state index in [0.717, 1.165) is 5.56 Å². The minimum atomic E-state index is -3.85. The zero-order valence-corrected chi connectivity index (χ0v) is 19.4. The van der Waals surface area contributed by atoms with Crippen LogP contribution in [0.1, 0.15) is 23.6 Å². The van der Waals surface area contributed by atoms with Crippen molar-refractivity contribution in [2.75, 3.05) is 5.75 Å². The zero-order valence-electron chi connectivity index (χ0n) is 17.7. The second kappa shape index (κ2) is 9.81. The molecular formula is C23H24FNO5S2. The van der Waals surface area contributed by atoms with Crippen molar-refractivity contribution in [1.29, 1.82) is 0 Å². The highest BCUT2D eigenvalue weighted by Gasteiger charge is 2.25. The minimum Gasteiger partial charge on any atom is -0.382 e. The van der Waals surface area contributed by atoms with Crippen LogP contribution in [-0.2, 0) is 33.2 Å². The lowest BCUT2D eigenvalue weighted by Crippen LogP contribution is -2.30. The summed E-state index contributed by atoms with van der Waals surface area (Å²) in [6.07, 6.45) is 0. The summed E-state index contributed by atoms with van der Waals surface area (Å²) in [6, 6.07) is 18.4. The van der Waals surface area contributed by atoms with E-state index >= 15 is 0 Å². The summed E-state index contributed by atoms with van der Waals surface area (Å²) < 4.78 is 69.6. The lowest BCUT2D eigenvalue weighted by molar-refractivity contribution is 0.401. The first-order chi connectivity index (χ1) is 15.1. The van der Waals surface area contributed by atoms with E-state index in [0.29, 0.717) is 11.1 Å². The summed E-state index contributed by atoms with van der Waals surface area (Å²) in [7, 11) is -7.51. The normalized spacial score (nSPS) is 12.1. The number of aryl methyl sites for hydroxylation is 1. The molecule has 0 fully saturated rings. The van der Waals surface area contributed by atoms with Crippen LogP contribution >= 0.6 is 0 Å². The Labute approximate surface area is 188 Å². The number of rotatable bonds is 9. The molecule has 0 radical (unpaired) electrons. The van der Waals surface area contributed by atoms with Gasteiger partial charge in [0.1, 0.15) is 11.6 Å². The van der Waals surface area contributed by atoms with E-state index in [4.69, 9.17) is 4.18 Å². The monoisotopic (exact) mass is 477 g/mol. The summed E-state index contributed by atoms with van der Waals surface area (Å²) in [4.78, 5) is 0.152. The molecule has 6 nitrogen and oxygen atoms in total. The van der Waals surface area contributed by atoms with Gasteiger partial charge < -0.3 is 4.18 Å². The molecule has 0 N–H and O–H groups in total. The minimum absolute atomic E-state index is 0.0361. The Bertz CT molecular complexity index is 1260. The molecule has 0 saturated heterocycles. The Balaban J connectivity index is 1.90. The van der Waals surface area contributed by atoms with E-state index in [2.05, 4.69) is 0 Å². The van der Waals surface area contributed by atoms with Gasteiger partial charge in [-0.2, -0.15) is 12.7 Å². The van der Waals surface area contributed by atoms with Crippen LogP contribution in [-0.4, -0.2) is 26.9 Å². The highest BCUT2D eigenvalue weighted by molar-refractivity contribution is 7.89. The maximum absolute atomic E-state index is 13.4. The van der Waals surface area contributed by atoms with Gasteiger partial charge in [0.15, 0.2) is 0 Å². The quantitative estimate of drug-likeness (QED) is 0.431. The largest absolute Gasteiger partial charge is 0.382 e. The number of hydrogen-bond donors (Lipinski definition) is 0. The molecule has 0 heterocycles. The van der Waals surface area contributed by atoms with Crippen molar-refractivity contribution in [2.24, 2.45) is 0 Å². The molecule has 170 valence electrons. The van der Waals surface area contributed by atoms with Crippen LogP contribution in [0.2, 0.25) is 0 Å². The second-order valence-corrected chi connectivity index (χ2v) is 11.1. The van der Waals surface area contributed by atoms with Crippen molar-refractivity contribution >= 4 is 20.1 Å². The van der Waals surface area contributed by atoms with Gasteiger partial charge in [0.2, 0.25) is 10.0 Å². The predicted molar refractivity (Wildman–Crippen MR) is 121 cm³/mol. The van der Waals surface area contributed by atoms with Crippen LogP contribution in [0.4, 0.5) is 4.39 Å². The molecule has 0 spiro atoms. The molecule has 0 saturated carbocycles. The van der Waals surface area contributed by atoms with Crippen molar-refractivity contribution in [3.05, 3.63) is 95.3 Å². The first kappa shape index (κ1) is 23.9. The fourth-order valence-electron chi connectivity index (χ4n) is 2.94. The van der Waals surface area contributed by atoms with Gasteiger partial charge in [0, 0.05) is 13.1 Å². The first-order valence-electron chi connectivity index (χ1n) is 9.91. The van der Waals surface area contributed by atoms with Crippen molar-refractivity contribution in [1.82, 2.24) is 4.31 Å². The Morgan fingerprint density at radius 3 is 1.78 bits per heavy atom. The van der Waals surface area contributed by atoms with Gasteiger partial charge in [-0.15, -0.1) is 0 Å². The highest BCUT2D eigenvalue weighted by atomic mass is 32.2. The van der Waals surface area contributed by atoms with Crippen molar-refractivity contribution in [2.45, 2.75) is 31.8 Å². The molecule has 0 amide bonds. The maximum Gasteiger partial charge on any atom is 0.308 e. The number of hydrogen-bond acceptors (Lipinski definition) is 5. The lowest BCUT2D eigenvalue weighted by atomic mass is 10.2. The Morgan fingerprint density at radius 1 is 0.781 bits per heavy atom. The van der Waals surface area contributed by atoms with E-state index < -0.39 is 26.0 Å². The topological polar surface area (TPSA) is 80.8 Å². The molecule has 9 heteroatoms. The van der Waals surface area contributed by atoms with Crippen molar-refractivity contribution < 1.29 is 25.4 Å². The van der Waals surface area contributed by atoms with Gasteiger partial charge in [0.05, 0.1) is 10.6 Å². The fourth-order valence-corrected chi connectivity index (χ4v) is 4.88. The van der Waals surface area contributed by atoms with E-state index in [-0.39, 0.29) is 29.5 Å². The average molecular weight is 478 g/mol. The molecule has 0 aliphatic rings. The summed E-state index contributed by atoms with van der Waals surface area (Å²) in [6.45, 7) is 3.43. The van der Waals surface area contributed by atoms with Crippen LogP contribution < -0.4 is 4.18 Å². The molecule has 0 aromatic heterocycles. The third kappa shape index (κ3) is 6.15. The van der Waals surface area contributed by atoms with Crippen molar-refractivity contribution in [3.63, 3.8) is 0 Å². The van der Waals surface area contributed by atoms with Crippen LogP contribution in [0, 0.1) is 12.7 Å². The maximum atomic E-state index is 13.4. The number of nitrogens with zero attached hydrogens (tertiary/aromatic N) is 1. The Kier molecular flexibility index (Phi) is 7.33. The molecule has 0 bridgehead atoms. The van der Waals surface area contributed by atoms with E-state index in [1.165, 1.54) is 35.5 Å². The SMILES string of the molecule is CCS(=O)(=O)Oc1ccc(CN(Cc2ccc(F)cc2)S(=O)(=O)c2ccc(C)cc2)cc1. The summed E-state index contributed by atoms with van der Waals surface area (Å²) in [5.74, 6) is -0.406. The third-order valence-corrected chi connectivity index (χ3v) is 7.75. The molecule has 3 rings (SSSR count). The molecule has 0 aliphatic heterocycles. The number of halogens is 1. The van der Waals surface area contributed by atoms with Gasteiger partial charge >= 0.3 is 10.1 Å². The van der Waals surface area contributed by atoms with Crippen LogP contribution in [0.5, 0.6) is 5.75 Å². The summed E-state index contributed by atoms with van der Waals surface area (Å²) in [5, 5.41) is 0. The lowest BCUT2D eigenvalue weighted by Gasteiger charge is -2.23. The molecule has 3 aromatic rings. The second-order valence-electron chi connectivity index (χ2n) is 7.29. The van der Waals surface area contributed by atoms with E-state index in [1.54, 1.807) is 48.5 Å². The summed E-state index contributed by atoms with van der Waals surface area (Å²) in [5.41, 5.74) is 2.21. The molecule has 0 aliphatic carbocycles. The van der Waals surface area contributed by atoms with Crippen LogP contribution in [0.3, 0.4) is 0 Å². The zero-order chi connectivity index (χ0) is 23.4.